The van der Waals surface area contributed by atoms with Gasteiger partial charge in [0.15, 0.2) is 0 Å². The Hall–Kier alpha value is -1.13. The SMILES string of the molecule is CN(C)CC1CCN(c2cnccc2CO)CC1. The standard InChI is InChI=1S/C14H23N3O/c1-16(2)10-12-4-7-17(8-5-12)14-9-15-6-3-13(14)11-18/h3,6,9,12,18H,4-5,7-8,10-11H2,1-2H3. The monoisotopic (exact) mass is 249 g/mol. The van der Waals surface area contributed by atoms with Crippen LogP contribution in [-0.2, 0) is 6.61 Å². The Labute approximate surface area is 109 Å². The molecule has 2 rings (SSSR count). The Bertz CT molecular complexity index is 373. The minimum atomic E-state index is 0.0927. The molecule has 0 unspecified atom stereocenters. The van der Waals surface area contributed by atoms with Gasteiger partial charge in [0, 0.05) is 31.4 Å². The Morgan fingerprint density at radius 2 is 2.11 bits per heavy atom. The molecule has 0 amide bonds. The maximum atomic E-state index is 9.36. The van der Waals surface area contributed by atoms with Gasteiger partial charge in [0.25, 0.3) is 0 Å². The number of anilines is 1. The predicted octanol–water partition coefficient (Wildman–Crippen LogP) is 1.35. The smallest absolute Gasteiger partial charge is 0.0703 e. The van der Waals surface area contributed by atoms with Crippen molar-refractivity contribution in [2.75, 3.05) is 38.6 Å². The van der Waals surface area contributed by atoms with Gasteiger partial charge < -0.3 is 14.9 Å². The summed E-state index contributed by atoms with van der Waals surface area (Å²) in [6, 6.07) is 1.90. The van der Waals surface area contributed by atoms with E-state index in [2.05, 4.69) is 28.9 Å². The van der Waals surface area contributed by atoms with Crippen LogP contribution in [0.25, 0.3) is 0 Å². The molecule has 1 aliphatic rings. The van der Waals surface area contributed by atoms with Crippen molar-refractivity contribution >= 4 is 5.69 Å². The molecule has 0 spiro atoms. The van der Waals surface area contributed by atoms with Crippen LogP contribution in [0.1, 0.15) is 18.4 Å². The minimum absolute atomic E-state index is 0.0927. The number of aliphatic hydroxyl groups excluding tert-OH is 1. The van der Waals surface area contributed by atoms with Gasteiger partial charge in [-0.25, -0.2) is 0 Å². The number of rotatable bonds is 4. The summed E-state index contributed by atoms with van der Waals surface area (Å²) in [5, 5.41) is 9.36. The fourth-order valence-electron chi connectivity index (χ4n) is 2.71. The maximum absolute atomic E-state index is 9.36. The van der Waals surface area contributed by atoms with Gasteiger partial charge >= 0.3 is 0 Å². The van der Waals surface area contributed by atoms with Gasteiger partial charge in [0.05, 0.1) is 18.5 Å². The third-order valence-electron chi connectivity index (χ3n) is 3.64. The fraction of sp³-hybridized carbons (Fsp3) is 0.643. The molecular weight excluding hydrogens is 226 g/mol. The van der Waals surface area contributed by atoms with Gasteiger partial charge in [-0.15, -0.1) is 0 Å². The number of aliphatic hydroxyl groups is 1. The first-order chi connectivity index (χ1) is 8.70. The number of piperidine rings is 1. The molecular formula is C14H23N3O. The molecule has 0 saturated carbocycles. The predicted molar refractivity (Wildman–Crippen MR) is 73.7 cm³/mol. The zero-order valence-corrected chi connectivity index (χ0v) is 11.3. The molecule has 1 fully saturated rings. The molecule has 0 radical (unpaired) electrons. The second-order valence-electron chi connectivity index (χ2n) is 5.36. The Morgan fingerprint density at radius 3 is 2.72 bits per heavy atom. The highest BCUT2D eigenvalue weighted by molar-refractivity contribution is 5.51. The summed E-state index contributed by atoms with van der Waals surface area (Å²) in [7, 11) is 4.27. The van der Waals surface area contributed by atoms with Crippen LogP contribution in [0.5, 0.6) is 0 Å². The van der Waals surface area contributed by atoms with E-state index >= 15 is 0 Å². The second-order valence-corrected chi connectivity index (χ2v) is 5.36. The van der Waals surface area contributed by atoms with Crippen molar-refractivity contribution in [2.45, 2.75) is 19.4 Å². The fourth-order valence-corrected chi connectivity index (χ4v) is 2.71. The van der Waals surface area contributed by atoms with Gasteiger partial charge in [0.2, 0.25) is 0 Å². The molecule has 0 aromatic carbocycles. The number of nitrogens with zero attached hydrogens (tertiary/aromatic N) is 3. The van der Waals surface area contributed by atoms with E-state index in [1.165, 1.54) is 19.4 Å². The highest BCUT2D eigenvalue weighted by Gasteiger charge is 2.21. The van der Waals surface area contributed by atoms with Crippen molar-refractivity contribution in [1.82, 2.24) is 9.88 Å². The number of aromatic nitrogens is 1. The van der Waals surface area contributed by atoms with Crippen molar-refractivity contribution in [2.24, 2.45) is 5.92 Å². The molecule has 4 nitrogen and oxygen atoms in total. The first-order valence-electron chi connectivity index (χ1n) is 6.64. The maximum Gasteiger partial charge on any atom is 0.0703 e. The lowest BCUT2D eigenvalue weighted by Crippen LogP contribution is -2.37. The highest BCUT2D eigenvalue weighted by Crippen LogP contribution is 2.25. The van der Waals surface area contributed by atoms with E-state index in [1.807, 2.05) is 12.3 Å². The lowest BCUT2D eigenvalue weighted by molar-refractivity contribution is 0.277. The van der Waals surface area contributed by atoms with Crippen molar-refractivity contribution in [3.8, 4) is 0 Å². The van der Waals surface area contributed by atoms with Crippen LogP contribution in [0.3, 0.4) is 0 Å². The van der Waals surface area contributed by atoms with Crippen LogP contribution in [0, 0.1) is 5.92 Å². The van der Waals surface area contributed by atoms with Crippen molar-refractivity contribution in [1.29, 1.82) is 0 Å². The summed E-state index contributed by atoms with van der Waals surface area (Å²) in [5.41, 5.74) is 2.08. The van der Waals surface area contributed by atoms with E-state index < -0.39 is 0 Å². The minimum Gasteiger partial charge on any atom is -0.392 e. The van der Waals surface area contributed by atoms with E-state index in [9.17, 15) is 5.11 Å². The zero-order chi connectivity index (χ0) is 13.0. The average molecular weight is 249 g/mol. The molecule has 0 atom stereocenters. The molecule has 2 heterocycles. The van der Waals surface area contributed by atoms with Gasteiger partial charge in [0.1, 0.15) is 0 Å². The van der Waals surface area contributed by atoms with Crippen molar-refractivity contribution in [3.63, 3.8) is 0 Å². The van der Waals surface area contributed by atoms with Crippen LogP contribution >= 0.6 is 0 Å². The van der Waals surface area contributed by atoms with Gasteiger partial charge in [-0.05, 0) is 38.9 Å². The van der Waals surface area contributed by atoms with Crippen molar-refractivity contribution < 1.29 is 5.11 Å². The summed E-state index contributed by atoms with van der Waals surface area (Å²) in [6.45, 7) is 3.40. The first kappa shape index (κ1) is 13.3. The van der Waals surface area contributed by atoms with E-state index in [-0.39, 0.29) is 6.61 Å². The van der Waals surface area contributed by atoms with Crippen LogP contribution in [0.15, 0.2) is 18.5 Å². The number of pyridine rings is 1. The Morgan fingerprint density at radius 1 is 1.39 bits per heavy atom. The topological polar surface area (TPSA) is 39.6 Å². The van der Waals surface area contributed by atoms with Crippen LogP contribution in [0.2, 0.25) is 0 Å². The largest absolute Gasteiger partial charge is 0.392 e. The normalized spacial score (nSPS) is 17.4. The van der Waals surface area contributed by atoms with E-state index in [4.69, 9.17) is 0 Å². The highest BCUT2D eigenvalue weighted by atomic mass is 16.3. The quantitative estimate of drug-likeness (QED) is 0.874. The van der Waals surface area contributed by atoms with Gasteiger partial charge in [-0.3, -0.25) is 4.98 Å². The molecule has 4 heteroatoms. The molecule has 18 heavy (non-hydrogen) atoms. The van der Waals surface area contributed by atoms with Crippen LogP contribution < -0.4 is 4.90 Å². The second kappa shape index (κ2) is 6.16. The molecule has 100 valence electrons. The van der Waals surface area contributed by atoms with E-state index in [0.29, 0.717) is 0 Å². The third kappa shape index (κ3) is 3.21. The summed E-state index contributed by atoms with van der Waals surface area (Å²) in [4.78, 5) is 8.79. The molecule has 1 aliphatic heterocycles. The van der Waals surface area contributed by atoms with E-state index in [0.717, 1.165) is 30.3 Å². The lowest BCUT2D eigenvalue weighted by atomic mass is 9.96. The summed E-state index contributed by atoms with van der Waals surface area (Å²) in [5.74, 6) is 0.797. The van der Waals surface area contributed by atoms with Crippen molar-refractivity contribution in [3.05, 3.63) is 24.0 Å². The molecule has 0 bridgehead atoms. The molecule has 1 saturated heterocycles. The summed E-state index contributed by atoms with van der Waals surface area (Å²) in [6.07, 6.45) is 6.06. The summed E-state index contributed by atoms with van der Waals surface area (Å²) < 4.78 is 0. The number of hydrogen-bond acceptors (Lipinski definition) is 4. The zero-order valence-electron chi connectivity index (χ0n) is 11.3. The third-order valence-corrected chi connectivity index (χ3v) is 3.64. The van der Waals surface area contributed by atoms with Gasteiger partial charge in [-0.2, -0.15) is 0 Å². The van der Waals surface area contributed by atoms with Crippen LogP contribution in [0.4, 0.5) is 5.69 Å². The molecule has 1 aromatic rings. The lowest BCUT2D eigenvalue weighted by Gasteiger charge is -2.35. The molecule has 1 N–H and O–H groups in total. The number of hydrogen-bond donors (Lipinski definition) is 1. The Kier molecular flexibility index (Phi) is 4.55. The molecule has 0 aliphatic carbocycles. The Balaban J connectivity index is 1.97. The molecule has 1 aromatic heterocycles. The van der Waals surface area contributed by atoms with E-state index in [1.54, 1.807) is 6.20 Å². The first-order valence-corrected chi connectivity index (χ1v) is 6.64. The summed E-state index contributed by atoms with van der Waals surface area (Å²) >= 11 is 0. The van der Waals surface area contributed by atoms with Crippen LogP contribution in [-0.4, -0.2) is 48.7 Å². The van der Waals surface area contributed by atoms with Gasteiger partial charge in [-0.1, -0.05) is 0 Å². The average Bonchev–Trinajstić information content (AvgIpc) is 2.39.